The average molecular weight is 306 g/mol. The number of carbonyl (C=O) groups excluding carboxylic acids is 1. The fourth-order valence-electron chi connectivity index (χ4n) is 2.59. The van der Waals surface area contributed by atoms with Crippen LogP contribution in [0.1, 0.15) is 15.9 Å². The van der Waals surface area contributed by atoms with Gasteiger partial charge in [0.15, 0.2) is 0 Å². The third-order valence-corrected chi connectivity index (χ3v) is 3.70. The number of hydrogen-bond donors (Lipinski definition) is 0. The standard InChI is InChI=1S/C18H14N2O3/c1-22-17-9-13(7-8-15(17)18(21)23-2)20-11-12(10-19)14-5-3-4-6-16(14)20/h3-9,11H,1-2H3. The zero-order chi connectivity index (χ0) is 16.4. The molecular formula is C18H14N2O3. The monoisotopic (exact) mass is 306 g/mol. The summed E-state index contributed by atoms with van der Waals surface area (Å²) in [5.41, 5.74) is 2.66. The lowest BCUT2D eigenvalue weighted by atomic mass is 10.1. The van der Waals surface area contributed by atoms with E-state index in [1.54, 1.807) is 24.4 Å². The molecule has 0 amide bonds. The van der Waals surface area contributed by atoms with Crippen molar-refractivity contribution in [3.63, 3.8) is 0 Å². The molecule has 0 atom stereocenters. The van der Waals surface area contributed by atoms with Crippen LogP contribution in [0.5, 0.6) is 5.75 Å². The molecule has 0 spiro atoms. The van der Waals surface area contributed by atoms with E-state index < -0.39 is 5.97 Å². The highest BCUT2D eigenvalue weighted by Crippen LogP contribution is 2.28. The minimum atomic E-state index is -0.455. The second kappa shape index (κ2) is 5.85. The van der Waals surface area contributed by atoms with Gasteiger partial charge < -0.3 is 14.0 Å². The van der Waals surface area contributed by atoms with Gasteiger partial charge in [-0.1, -0.05) is 18.2 Å². The summed E-state index contributed by atoms with van der Waals surface area (Å²) in [5, 5.41) is 10.2. The van der Waals surface area contributed by atoms with Crippen molar-refractivity contribution < 1.29 is 14.3 Å². The maximum absolute atomic E-state index is 11.8. The Morgan fingerprint density at radius 3 is 2.65 bits per heavy atom. The Morgan fingerprint density at radius 1 is 1.17 bits per heavy atom. The number of benzene rings is 2. The van der Waals surface area contributed by atoms with E-state index in [1.165, 1.54) is 14.2 Å². The Hall–Kier alpha value is -3.26. The quantitative estimate of drug-likeness (QED) is 0.696. The van der Waals surface area contributed by atoms with Crippen molar-refractivity contribution in [3.8, 4) is 17.5 Å². The minimum absolute atomic E-state index is 0.357. The van der Waals surface area contributed by atoms with Crippen LogP contribution in [0.15, 0.2) is 48.7 Å². The number of ether oxygens (including phenoxy) is 2. The molecule has 0 saturated heterocycles. The molecule has 0 fully saturated rings. The van der Waals surface area contributed by atoms with Crippen molar-refractivity contribution in [3.05, 3.63) is 59.8 Å². The fraction of sp³-hybridized carbons (Fsp3) is 0.111. The topological polar surface area (TPSA) is 64.2 Å². The number of aromatic nitrogens is 1. The summed E-state index contributed by atoms with van der Waals surface area (Å²) in [4.78, 5) is 11.8. The number of para-hydroxylation sites is 1. The van der Waals surface area contributed by atoms with E-state index in [0.29, 0.717) is 16.9 Å². The van der Waals surface area contributed by atoms with Crippen molar-refractivity contribution in [2.24, 2.45) is 0 Å². The molecular weight excluding hydrogens is 292 g/mol. The molecule has 1 aromatic heterocycles. The van der Waals surface area contributed by atoms with Gasteiger partial charge in [-0.15, -0.1) is 0 Å². The molecule has 0 aliphatic heterocycles. The zero-order valence-electron chi connectivity index (χ0n) is 12.7. The van der Waals surface area contributed by atoms with E-state index in [4.69, 9.17) is 9.47 Å². The van der Waals surface area contributed by atoms with Crippen molar-refractivity contribution in [2.45, 2.75) is 0 Å². The Morgan fingerprint density at radius 2 is 1.96 bits per heavy atom. The molecule has 5 heteroatoms. The summed E-state index contributed by atoms with van der Waals surface area (Å²) < 4.78 is 11.9. The number of hydrogen-bond acceptors (Lipinski definition) is 4. The molecule has 5 nitrogen and oxygen atoms in total. The van der Waals surface area contributed by atoms with E-state index in [1.807, 2.05) is 28.8 Å². The van der Waals surface area contributed by atoms with Crippen LogP contribution in [0.25, 0.3) is 16.6 Å². The summed E-state index contributed by atoms with van der Waals surface area (Å²) in [6.45, 7) is 0. The molecule has 0 bridgehead atoms. The lowest BCUT2D eigenvalue weighted by Crippen LogP contribution is -2.05. The van der Waals surface area contributed by atoms with E-state index in [-0.39, 0.29) is 0 Å². The van der Waals surface area contributed by atoms with Gasteiger partial charge in [-0.2, -0.15) is 5.26 Å². The normalized spacial score (nSPS) is 10.3. The molecule has 1 heterocycles. The third-order valence-electron chi connectivity index (χ3n) is 3.70. The molecule has 0 saturated carbocycles. The third kappa shape index (κ3) is 2.40. The number of nitrogens with zero attached hydrogens (tertiary/aromatic N) is 2. The molecule has 0 aliphatic rings. The van der Waals surface area contributed by atoms with Gasteiger partial charge >= 0.3 is 5.97 Å². The first-order valence-corrected chi connectivity index (χ1v) is 6.96. The second-order valence-corrected chi connectivity index (χ2v) is 4.92. The fourth-order valence-corrected chi connectivity index (χ4v) is 2.59. The Labute approximate surface area is 133 Å². The van der Waals surface area contributed by atoms with Gasteiger partial charge in [-0.25, -0.2) is 4.79 Å². The van der Waals surface area contributed by atoms with Crippen LogP contribution >= 0.6 is 0 Å². The van der Waals surface area contributed by atoms with E-state index in [9.17, 15) is 10.1 Å². The van der Waals surface area contributed by atoms with Crippen molar-refractivity contribution >= 4 is 16.9 Å². The van der Waals surface area contributed by atoms with Crippen LogP contribution < -0.4 is 4.74 Å². The van der Waals surface area contributed by atoms with E-state index in [2.05, 4.69) is 6.07 Å². The largest absolute Gasteiger partial charge is 0.496 e. The van der Waals surface area contributed by atoms with E-state index >= 15 is 0 Å². The summed E-state index contributed by atoms with van der Waals surface area (Å²) in [7, 11) is 2.83. The van der Waals surface area contributed by atoms with Crippen LogP contribution in [0, 0.1) is 11.3 Å². The van der Waals surface area contributed by atoms with Crippen LogP contribution in [-0.4, -0.2) is 24.8 Å². The lowest BCUT2D eigenvalue weighted by molar-refractivity contribution is 0.0597. The summed E-state index contributed by atoms with van der Waals surface area (Å²) in [6.07, 6.45) is 1.78. The van der Waals surface area contributed by atoms with Crippen molar-refractivity contribution in [2.75, 3.05) is 14.2 Å². The first-order valence-electron chi connectivity index (χ1n) is 6.96. The van der Waals surface area contributed by atoms with Gasteiger partial charge in [0.1, 0.15) is 17.4 Å². The Balaban J connectivity index is 2.20. The molecule has 0 unspecified atom stereocenters. The van der Waals surface area contributed by atoms with Gasteiger partial charge in [-0.3, -0.25) is 0 Å². The van der Waals surface area contributed by atoms with Gasteiger partial charge in [-0.05, 0) is 18.2 Å². The number of fused-ring (bicyclic) bond motifs is 1. The van der Waals surface area contributed by atoms with Crippen LogP contribution in [0.2, 0.25) is 0 Å². The highest BCUT2D eigenvalue weighted by Gasteiger charge is 2.15. The Bertz CT molecular complexity index is 935. The maximum Gasteiger partial charge on any atom is 0.341 e. The summed E-state index contributed by atoms with van der Waals surface area (Å²) >= 11 is 0. The zero-order valence-corrected chi connectivity index (χ0v) is 12.7. The highest BCUT2D eigenvalue weighted by atomic mass is 16.5. The maximum atomic E-state index is 11.8. The number of carbonyl (C=O) groups is 1. The minimum Gasteiger partial charge on any atom is -0.496 e. The molecule has 2 aromatic carbocycles. The van der Waals surface area contributed by atoms with Gasteiger partial charge in [0.2, 0.25) is 0 Å². The number of nitriles is 1. The van der Waals surface area contributed by atoms with Crippen molar-refractivity contribution in [1.29, 1.82) is 5.26 Å². The van der Waals surface area contributed by atoms with Crippen LogP contribution in [-0.2, 0) is 4.74 Å². The second-order valence-electron chi connectivity index (χ2n) is 4.92. The molecule has 0 aliphatic carbocycles. The molecule has 3 aromatic rings. The van der Waals surface area contributed by atoms with Crippen molar-refractivity contribution in [1.82, 2.24) is 4.57 Å². The lowest BCUT2D eigenvalue weighted by Gasteiger charge is -2.11. The van der Waals surface area contributed by atoms with Crippen LogP contribution in [0.3, 0.4) is 0 Å². The molecule has 0 N–H and O–H groups in total. The molecule has 23 heavy (non-hydrogen) atoms. The smallest absolute Gasteiger partial charge is 0.341 e. The first kappa shape index (κ1) is 14.7. The number of esters is 1. The van der Waals surface area contributed by atoms with Gasteiger partial charge in [0.25, 0.3) is 0 Å². The van der Waals surface area contributed by atoms with E-state index in [0.717, 1.165) is 16.6 Å². The van der Waals surface area contributed by atoms with Gasteiger partial charge in [0.05, 0.1) is 25.3 Å². The molecule has 3 rings (SSSR count). The average Bonchev–Trinajstić information content (AvgIpc) is 2.99. The molecule has 114 valence electrons. The van der Waals surface area contributed by atoms with Gasteiger partial charge in [0, 0.05) is 23.3 Å². The highest BCUT2D eigenvalue weighted by molar-refractivity contribution is 5.93. The Kier molecular flexibility index (Phi) is 3.73. The summed E-state index contributed by atoms with van der Waals surface area (Å²) in [5.74, 6) is -0.0332. The SMILES string of the molecule is COC(=O)c1ccc(-n2cc(C#N)c3ccccc32)cc1OC. The number of rotatable bonds is 3. The molecule has 0 radical (unpaired) electrons. The predicted octanol–water partition coefficient (Wildman–Crippen LogP) is 3.30. The first-order chi connectivity index (χ1) is 11.2. The summed E-state index contributed by atoms with van der Waals surface area (Å²) in [6, 6.07) is 15.1. The number of methoxy groups -OCH3 is 2. The predicted molar refractivity (Wildman–Crippen MR) is 85.9 cm³/mol. The van der Waals surface area contributed by atoms with Crippen LogP contribution in [0.4, 0.5) is 0 Å².